The van der Waals surface area contributed by atoms with Crippen LogP contribution in [0.2, 0.25) is 0 Å². The molecule has 2 atom stereocenters. The number of esters is 1. The second-order valence-corrected chi connectivity index (χ2v) is 8.19. The smallest absolute Gasteiger partial charge is 0.416 e. The Labute approximate surface area is 198 Å². The van der Waals surface area contributed by atoms with Crippen molar-refractivity contribution in [2.75, 3.05) is 13.7 Å². The van der Waals surface area contributed by atoms with Crippen LogP contribution >= 0.6 is 0 Å². The molecule has 2 aromatic heterocycles. The highest BCUT2D eigenvalue weighted by molar-refractivity contribution is 5.86. The molecule has 4 rings (SSSR count). The van der Waals surface area contributed by atoms with Gasteiger partial charge in [-0.05, 0) is 35.7 Å². The fraction of sp³-hybridized carbons (Fsp3) is 0.348. The van der Waals surface area contributed by atoms with Crippen molar-refractivity contribution in [1.82, 2.24) is 30.2 Å². The van der Waals surface area contributed by atoms with Gasteiger partial charge in [0.2, 0.25) is 5.91 Å². The summed E-state index contributed by atoms with van der Waals surface area (Å²) in [6, 6.07) is 7.73. The Hall–Kier alpha value is -3.80. The molecule has 0 spiro atoms. The van der Waals surface area contributed by atoms with E-state index in [2.05, 4.69) is 25.3 Å². The van der Waals surface area contributed by atoms with E-state index in [1.165, 1.54) is 30.1 Å². The molecule has 0 radical (unpaired) electrons. The van der Waals surface area contributed by atoms with Crippen molar-refractivity contribution in [3.8, 4) is 0 Å². The summed E-state index contributed by atoms with van der Waals surface area (Å²) < 4.78 is 45.2. The lowest BCUT2D eigenvalue weighted by Gasteiger charge is -2.23. The Kier molecular flexibility index (Phi) is 7.10. The van der Waals surface area contributed by atoms with E-state index in [4.69, 9.17) is 0 Å². The van der Waals surface area contributed by atoms with Crippen molar-refractivity contribution in [3.63, 3.8) is 0 Å². The van der Waals surface area contributed by atoms with Gasteiger partial charge in [-0.3, -0.25) is 14.7 Å². The van der Waals surface area contributed by atoms with Crippen LogP contribution in [0.3, 0.4) is 0 Å². The molecular formula is C23H23F3N6O3. The third kappa shape index (κ3) is 5.83. The summed E-state index contributed by atoms with van der Waals surface area (Å²) in [7, 11) is 1.25. The first-order chi connectivity index (χ1) is 16.7. The van der Waals surface area contributed by atoms with Crippen LogP contribution in [0, 0.1) is 0 Å². The van der Waals surface area contributed by atoms with Gasteiger partial charge in [-0.1, -0.05) is 23.4 Å². The molecule has 1 aromatic carbocycles. The van der Waals surface area contributed by atoms with E-state index in [0.717, 1.165) is 17.7 Å². The molecule has 1 fully saturated rings. The summed E-state index contributed by atoms with van der Waals surface area (Å²) in [4.78, 5) is 30.9. The molecule has 1 N–H and O–H groups in total. The predicted octanol–water partition coefficient (Wildman–Crippen LogP) is 2.61. The van der Waals surface area contributed by atoms with Crippen LogP contribution in [-0.2, 0) is 28.8 Å². The SMILES string of the molecule is COC(=O)c1cn([C@@H]2C[C@@H](C(=O)NCc3cccc(C(F)(F)F)c3)N(Cc3cccnc3)C2)nn1. The number of nitrogens with zero attached hydrogens (tertiary/aromatic N) is 5. The van der Waals surface area contributed by atoms with Crippen molar-refractivity contribution >= 4 is 11.9 Å². The minimum absolute atomic E-state index is 0.0412. The maximum Gasteiger partial charge on any atom is 0.416 e. The third-order valence-corrected chi connectivity index (χ3v) is 5.79. The van der Waals surface area contributed by atoms with E-state index in [1.807, 2.05) is 11.0 Å². The van der Waals surface area contributed by atoms with E-state index in [0.29, 0.717) is 25.1 Å². The molecule has 1 saturated heterocycles. The summed E-state index contributed by atoms with van der Waals surface area (Å²) in [5, 5.41) is 10.6. The minimum Gasteiger partial charge on any atom is -0.464 e. The first-order valence-corrected chi connectivity index (χ1v) is 10.8. The number of hydrogen-bond acceptors (Lipinski definition) is 7. The Morgan fingerprint density at radius 2 is 2.00 bits per heavy atom. The molecule has 1 aliphatic heterocycles. The van der Waals surface area contributed by atoms with Gasteiger partial charge in [-0.25, -0.2) is 9.48 Å². The van der Waals surface area contributed by atoms with Crippen LogP contribution in [0.1, 0.15) is 39.6 Å². The maximum atomic E-state index is 13.1. The first-order valence-electron chi connectivity index (χ1n) is 10.8. The van der Waals surface area contributed by atoms with E-state index in [1.54, 1.807) is 18.5 Å². The average molecular weight is 488 g/mol. The number of halogens is 3. The highest BCUT2D eigenvalue weighted by Gasteiger charge is 2.38. The predicted molar refractivity (Wildman–Crippen MR) is 117 cm³/mol. The van der Waals surface area contributed by atoms with Gasteiger partial charge in [0.15, 0.2) is 5.69 Å². The second-order valence-electron chi connectivity index (χ2n) is 8.19. The lowest BCUT2D eigenvalue weighted by Crippen LogP contribution is -2.42. The number of hydrogen-bond donors (Lipinski definition) is 1. The van der Waals surface area contributed by atoms with Crippen LogP contribution in [0.5, 0.6) is 0 Å². The topological polar surface area (TPSA) is 102 Å². The van der Waals surface area contributed by atoms with Crippen LogP contribution in [0.4, 0.5) is 13.2 Å². The second kappa shape index (κ2) is 10.2. The molecule has 0 aliphatic carbocycles. The molecule has 1 aliphatic rings. The molecule has 3 aromatic rings. The maximum absolute atomic E-state index is 13.1. The van der Waals surface area contributed by atoms with Gasteiger partial charge in [0, 0.05) is 32.0 Å². The molecule has 9 nitrogen and oxygen atoms in total. The quantitative estimate of drug-likeness (QED) is 0.510. The number of methoxy groups -OCH3 is 1. The molecular weight excluding hydrogens is 465 g/mol. The van der Waals surface area contributed by atoms with Crippen molar-refractivity contribution in [2.24, 2.45) is 0 Å². The molecule has 0 unspecified atom stereocenters. The number of benzene rings is 1. The summed E-state index contributed by atoms with van der Waals surface area (Å²) in [5.74, 6) is -0.932. The molecule has 0 saturated carbocycles. The van der Waals surface area contributed by atoms with Crippen LogP contribution < -0.4 is 5.32 Å². The van der Waals surface area contributed by atoms with E-state index >= 15 is 0 Å². The number of rotatable bonds is 7. The number of carbonyl (C=O) groups excluding carboxylic acids is 2. The van der Waals surface area contributed by atoms with Gasteiger partial charge in [-0.2, -0.15) is 13.2 Å². The number of ether oxygens (including phenoxy) is 1. The Bertz CT molecular complexity index is 1180. The molecule has 184 valence electrons. The zero-order chi connectivity index (χ0) is 25.0. The highest BCUT2D eigenvalue weighted by atomic mass is 19.4. The molecule has 1 amide bonds. The van der Waals surface area contributed by atoms with Crippen molar-refractivity contribution in [2.45, 2.75) is 37.8 Å². The van der Waals surface area contributed by atoms with E-state index < -0.39 is 23.8 Å². The van der Waals surface area contributed by atoms with Gasteiger partial charge in [0.1, 0.15) is 0 Å². The summed E-state index contributed by atoms with van der Waals surface area (Å²) in [6.07, 6.45) is 0.745. The number of nitrogens with one attached hydrogen (secondary N) is 1. The summed E-state index contributed by atoms with van der Waals surface area (Å²) >= 11 is 0. The zero-order valence-electron chi connectivity index (χ0n) is 18.8. The van der Waals surface area contributed by atoms with Crippen LogP contribution in [-0.4, -0.2) is 56.5 Å². The molecule has 35 heavy (non-hydrogen) atoms. The Balaban J connectivity index is 1.49. The number of amides is 1. The summed E-state index contributed by atoms with van der Waals surface area (Å²) in [6.45, 7) is 0.839. The standard InChI is InChI=1S/C23H23F3N6O3/c1-35-22(34)19-14-32(30-29-19)18-9-20(31(13-18)12-16-5-3-7-27-10-16)21(33)28-11-15-4-2-6-17(8-15)23(24,25)26/h2-8,10,14,18,20H,9,11-13H2,1H3,(H,28,33)/t18-,20+/m1/s1. The van der Waals surface area contributed by atoms with Gasteiger partial charge in [0.25, 0.3) is 0 Å². The number of aromatic nitrogens is 4. The molecule has 0 bridgehead atoms. The zero-order valence-corrected chi connectivity index (χ0v) is 18.8. The van der Waals surface area contributed by atoms with Crippen LogP contribution in [0.15, 0.2) is 55.0 Å². The third-order valence-electron chi connectivity index (χ3n) is 5.79. The largest absolute Gasteiger partial charge is 0.464 e. The van der Waals surface area contributed by atoms with Gasteiger partial charge >= 0.3 is 12.1 Å². The minimum atomic E-state index is -4.46. The van der Waals surface area contributed by atoms with Gasteiger partial charge < -0.3 is 10.1 Å². The van der Waals surface area contributed by atoms with Crippen molar-refractivity contribution in [3.05, 3.63) is 77.4 Å². The Morgan fingerprint density at radius 1 is 1.20 bits per heavy atom. The number of likely N-dealkylation sites (tertiary alicyclic amines) is 1. The Morgan fingerprint density at radius 3 is 2.71 bits per heavy atom. The van der Waals surface area contributed by atoms with Gasteiger partial charge in [0.05, 0.1) is 31.0 Å². The lowest BCUT2D eigenvalue weighted by atomic mass is 10.1. The highest BCUT2D eigenvalue weighted by Crippen LogP contribution is 2.30. The van der Waals surface area contributed by atoms with Gasteiger partial charge in [-0.15, -0.1) is 5.10 Å². The first kappa shape index (κ1) is 24.3. The number of alkyl halides is 3. The van der Waals surface area contributed by atoms with Crippen molar-refractivity contribution in [1.29, 1.82) is 0 Å². The fourth-order valence-corrected chi connectivity index (χ4v) is 4.06. The van der Waals surface area contributed by atoms with Crippen molar-refractivity contribution < 1.29 is 27.5 Å². The average Bonchev–Trinajstić information content (AvgIpc) is 3.50. The van der Waals surface area contributed by atoms with Crippen LogP contribution in [0.25, 0.3) is 0 Å². The van der Waals surface area contributed by atoms with E-state index in [9.17, 15) is 22.8 Å². The lowest BCUT2D eigenvalue weighted by molar-refractivity contribution is -0.137. The molecule has 3 heterocycles. The fourth-order valence-electron chi connectivity index (χ4n) is 4.06. The number of carbonyl (C=O) groups is 2. The monoisotopic (exact) mass is 488 g/mol. The molecule has 12 heteroatoms. The number of pyridine rings is 1. The summed E-state index contributed by atoms with van der Waals surface area (Å²) in [5.41, 5.74) is 0.540. The van der Waals surface area contributed by atoms with E-state index in [-0.39, 0.29) is 24.2 Å². The normalized spacial score (nSPS) is 18.4.